The summed E-state index contributed by atoms with van der Waals surface area (Å²) in [7, 11) is 0. The topological polar surface area (TPSA) is 60.4 Å². The minimum Gasteiger partial charge on any atom is -0.550 e. The monoisotopic (exact) mass is 336 g/mol. The van der Waals surface area contributed by atoms with Gasteiger partial charge in [0.1, 0.15) is 0 Å². The Balaban J connectivity index is 0. The van der Waals surface area contributed by atoms with Gasteiger partial charge in [-0.1, -0.05) is 64.0 Å². The van der Waals surface area contributed by atoms with Crippen molar-refractivity contribution in [2.45, 2.75) is 96.5 Å². The van der Waals surface area contributed by atoms with Crippen LogP contribution >= 0.6 is 0 Å². The van der Waals surface area contributed by atoms with E-state index in [4.69, 9.17) is 0 Å². The number of aliphatic carboxylic acids is 1. The van der Waals surface area contributed by atoms with Gasteiger partial charge < -0.3 is 15.0 Å². The van der Waals surface area contributed by atoms with E-state index >= 15 is 0 Å². The van der Waals surface area contributed by atoms with E-state index in [1.165, 1.54) is 44.9 Å². The number of hydrogen-bond acceptors (Lipinski definition) is 3. The Morgan fingerprint density at radius 1 is 0.955 bits per heavy atom. The molecule has 3 nitrogen and oxygen atoms in total. The first kappa shape index (κ1) is 25.1. The Kier molecular flexibility index (Phi) is 22.6. The average Bonchev–Trinajstić information content (AvgIpc) is 2.43. The number of rotatable bonds is 15. The predicted molar refractivity (Wildman–Crippen MR) is 85.8 cm³/mol. The van der Waals surface area contributed by atoms with Crippen LogP contribution < -0.4 is 56.5 Å². The number of aliphatic hydroxyl groups excluding tert-OH is 1. The molecule has 0 spiro atoms. The second-order valence-corrected chi connectivity index (χ2v) is 5.90. The maximum atomic E-state index is 10.3. The fraction of sp³-hybridized carbons (Fsp3) is 0.833. The molecule has 0 fully saturated rings. The Morgan fingerprint density at radius 2 is 1.45 bits per heavy atom. The smallest absolute Gasteiger partial charge is 0.550 e. The fourth-order valence-electron chi connectivity index (χ4n) is 2.39. The first-order valence-electron chi connectivity index (χ1n) is 8.69. The van der Waals surface area contributed by atoms with Crippen LogP contribution in [0.25, 0.3) is 0 Å². The molecule has 0 radical (unpaired) electrons. The standard InChI is InChI=1S/C18H34O3.K/c1-2-3-4-5-6-7-8-9-10-11-12-13-14-15-17(19)16-18(20)21;/h9-10,17,19H,2-8,11-16H2,1H3,(H,20,21);/q;+1/p-1/b10-9-;. The van der Waals surface area contributed by atoms with Gasteiger partial charge in [-0.3, -0.25) is 0 Å². The van der Waals surface area contributed by atoms with Crippen LogP contribution in [0.1, 0.15) is 90.4 Å². The molecule has 1 unspecified atom stereocenters. The van der Waals surface area contributed by atoms with Crippen LogP contribution in [-0.2, 0) is 4.79 Å². The zero-order valence-corrected chi connectivity index (χ0v) is 17.8. The van der Waals surface area contributed by atoms with Crippen LogP contribution in [0, 0.1) is 0 Å². The molecule has 0 saturated heterocycles. The normalized spacial score (nSPS) is 12.3. The fourth-order valence-corrected chi connectivity index (χ4v) is 2.39. The number of carboxylic acid groups (broad SMARTS) is 1. The van der Waals surface area contributed by atoms with Gasteiger partial charge in [-0.2, -0.15) is 0 Å². The number of carbonyl (C=O) groups excluding carboxylic acids is 1. The summed E-state index contributed by atoms with van der Waals surface area (Å²) in [5.41, 5.74) is 0. The summed E-state index contributed by atoms with van der Waals surface area (Å²) in [4.78, 5) is 10.3. The van der Waals surface area contributed by atoms with Gasteiger partial charge in [-0.25, -0.2) is 0 Å². The van der Waals surface area contributed by atoms with Crippen LogP contribution in [0.15, 0.2) is 12.2 Å². The van der Waals surface area contributed by atoms with E-state index in [1.807, 2.05) is 0 Å². The zero-order chi connectivity index (χ0) is 15.8. The van der Waals surface area contributed by atoms with Crippen molar-refractivity contribution >= 4 is 5.97 Å². The van der Waals surface area contributed by atoms with Gasteiger partial charge >= 0.3 is 51.4 Å². The molecule has 1 atom stereocenters. The summed E-state index contributed by atoms with van der Waals surface area (Å²) >= 11 is 0. The number of allylic oxidation sites excluding steroid dienone is 2. The Labute approximate surface area is 179 Å². The van der Waals surface area contributed by atoms with Crippen molar-refractivity contribution in [2.75, 3.05) is 0 Å². The summed E-state index contributed by atoms with van der Waals surface area (Å²) in [5, 5.41) is 19.6. The molecule has 0 aromatic rings. The summed E-state index contributed by atoms with van der Waals surface area (Å²) in [6.07, 6.45) is 17.5. The van der Waals surface area contributed by atoms with Crippen molar-refractivity contribution in [2.24, 2.45) is 0 Å². The molecule has 0 saturated carbocycles. The van der Waals surface area contributed by atoms with E-state index in [1.54, 1.807) is 0 Å². The van der Waals surface area contributed by atoms with E-state index in [0.29, 0.717) is 6.42 Å². The van der Waals surface area contributed by atoms with Crippen molar-refractivity contribution in [1.82, 2.24) is 0 Å². The zero-order valence-electron chi connectivity index (χ0n) is 14.7. The molecular formula is C18H33KO3. The van der Waals surface area contributed by atoms with Gasteiger partial charge in [-0.05, 0) is 32.1 Å². The third kappa shape index (κ3) is 20.8. The van der Waals surface area contributed by atoms with Gasteiger partial charge in [0, 0.05) is 12.4 Å². The molecule has 0 aliphatic carbocycles. The van der Waals surface area contributed by atoms with Crippen molar-refractivity contribution in [3.05, 3.63) is 12.2 Å². The van der Waals surface area contributed by atoms with Crippen LogP contribution in [0.4, 0.5) is 0 Å². The van der Waals surface area contributed by atoms with Crippen LogP contribution in [0.3, 0.4) is 0 Å². The third-order valence-corrected chi connectivity index (χ3v) is 3.70. The Hall–Kier alpha value is 0.806. The molecule has 0 rings (SSSR count). The second-order valence-electron chi connectivity index (χ2n) is 5.90. The van der Waals surface area contributed by atoms with E-state index in [0.717, 1.165) is 25.7 Å². The minimum absolute atomic E-state index is 0. The van der Waals surface area contributed by atoms with Crippen LogP contribution in [0.5, 0.6) is 0 Å². The number of aliphatic hydroxyl groups is 1. The van der Waals surface area contributed by atoms with E-state index in [2.05, 4.69) is 19.1 Å². The molecule has 0 bridgehead atoms. The molecule has 0 heterocycles. The molecule has 0 amide bonds. The summed E-state index contributed by atoms with van der Waals surface area (Å²) in [6, 6.07) is 0. The molecular weight excluding hydrogens is 303 g/mol. The molecule has 1 N–H and O–H groups in total. The van der Waals surface area contributed by atoms with Crippen molar-refractivity contribution in [1.29, 1.82) is 0 Å². The second kappa shape index (κ2) is 19.9. The van der Waals surface area contributed by atoms with Gasteiger partial charge in [-0.15, -0.1) is 0 Å². The van der Waals surface area contributed by atoms with Gasteiger partial charge in [0.15, 0.2) is 0 Å². The van der Waals surface area contributed by atoms with Crippen LogP contribution in [-0.4, -0.2) is 17.2 Å². The molecule has 22 heavy (non-hydrogen) atoms. The number of carbonyl (C=O) groups is 1. The summed E-state index contributed by atoms with van der Waals surface area (Å²) in [6.45, 7) is 2.24. The number of carboxylic acids is 1. The molecule has 0 aliphatic rings. The quantitative estimate of drug-likeness (QED) is 0.273. The largest absolute Gasteiger partial charge is 1.00 e. The SMILES string of the molecule is CCCCCCCC/C=C\CCCCCC(O)CC(=O)[O-].[K+]. The van der Waals surface area contributed by atoms with E-state index < -0.39 is 12.1 Å². The molecule has 0 aromatic carbocycles. The number of unbranched alkanes of at least 4 members (excludes halogenated alkanes) is 9. The first-order chi connectivity index (χ1) is 10.2. The van der Waals surface area contributed by atoms with Gasteiger partial charge in [0.25, 0.3) is 0 Å². The van der Waals surface area contributed by atoms with Crippen molar-refractivity contribution < 1.29 is 66.4 Å². The summed E-state index contributed by atoms with van der Waals surface area (Å²) < 4.78 is 0. The minimum atomic E-state index is -1.17. The van der Waals surface area contributed by atoms with E-state index in [9.17, 15) is 15.0 Å². The van der Waals surface area contributed by atoms with Crippen molar-refractivity contribution in [3.8, 4) is 0 Å². The molecule has 124 valence electrons. The third-order valence-electron chi connectivity index (χ3n) is 3.70. The maximum absolute atomic E-state index is 10.3. The Bertz CT molecular complexity index is 267. The maximum Gasteiger partial charge on any atom is 1.00 e. The Morgan fingerprint density at radius 3 is 2.00 bits per heavy atom. The van der Waals surface area contributed by atoms with Gasteiger partial charge in [0.2, 0.25) is 0 Å². The number of hydrogen-bond donors (Lipinski definition) is 1. The average molecular weight is 337 g/mol. The van der Waals surface area contributed by atoms with Gasteiger partial charge in [0.05, 0.1) is 6.10 Å². The molecule has 4 heteroatoms. The first-order valence-corrected chi connectivity index (χ1v) is 8.69. The predicted octanol–water partition coefficient (Wildman–Crippen LogP) is 0.749. The van der Waals surface area contributed by atoms with Crippen molar-refractivity contribution in [3.63, 3.8) is 0 Å². The molecule has 0 aromatic heterocycles. The molecule has 0 aliphatic heterocycles. The van der Waals surface area contributed by atoms with E-state index in [-0.39, 0.29) is 57.8 Å². The summed E-state index contributed by atoms with van der Waals surface area (Å²) in [5.74, 6) is -1.17. The van der Waals surface area contributed by atoms with Crippen LogP contribution in [0.2, 0.25) is 0 Å².